The molecule has 0 bridgehead atoms. The quantitative estimate of drug-likeness (QED) is 0.218. The van der Waals surface area contributed by atoms with Crippen molar-refractivity contribution in [2.45, 2.75) is 13.0 Å². The number of ketones is 1. The number of aliphatic hydroxyl groups excluding tert-OH is 1. The molecule has 3 heterocycles. The van der Waals surface area contributed by atoms with Crippen molar-refractivity contribution in [1.29, 1.82) is 0 Å². The molecule has 2 aliphatic heterocycles. The van der Waals surface area contributed by atoms with Crippen LogP contribution in [0.5, 0.6) is 17.2 Å². The van der Waals surface area contributed by atoms with E-state index in [1.165, 1.54) is 19.1 Å². The number of carbonyl (C=O) groups is 2. The van der Waals surface area contributed by atoms with Crippen molar-refractivity contribution in [3.05, 3.63) is 76.9 Å². The van der Waals surface area contributed by atoms with Crippen LogP contribution in [0, 0.1) is 6.92 Å². The minimum absolute atomic E-state index is 0.0619. The molecule has 1 amide bonds. The van der Waals surface area contributed by atoms with Crippen molar-refractivity contribution in [2.24, 2.45) is 0 Å². The third kappa shape index (κ3) is 4.00. The van der Waals surface area contributed by atoms with Crippen LogP contribution in [0.4, 0.5) is 11.6 Å². The second-order valence-electron chi connectivity index (χ2n) is 9.82. The fourth-order valence-corrected chi connectivity index (χ4v) is 5.27. The number of rotatable bonds is 5. The fourth-order valence-electron chi connectivity index (χ4n) is 5.27. The van der Waals surface area contributed by atoms with Crippen LogP contribution >= 0.6 is 0 Å². The van der Waals surface area contributed by atoms with Gasteiger partial charge in [-0.3, -0.25) is 14.5 Å². The summed E-state index contributed by atoms with van der Waals surface area (Å²) in [5, 5.41) is 11.6. The van der Waals surface area contributed by atoms with Crippen molar-refractivity contribution in [2.75, 3.05) is 44.2 Å². The van der Waals surface area contributed by atoms with E-state index in [4.69, 9.17) is 14.2 Å². The second-order valence-corrected chi connectivity index (χ2v) is 9.82. The number of H-pyrrole nitrogens is 1. The van der Waals surface area contributed by atoms with Gasteiger partial charge in [-0.15, -0.1) is 0 Å². The Labute approximate surface area is 230 Å². The zero-order valence-corrected chi connectivity index (χ0v) is 22.5. The number of hydrogen-bond acceptors (Lipinski definition) is 8. The van der Waals surface area contributed by atoms with Gasteiger partial charge >= 0.3 is 5.91 Å². The number of hydrogen-bond donors (Lipinski definition) is 2. The van der Waals surface area contributed by atoms with Crippen LogP contribution in [0.3, 0.4) is 0 Å². The Hall–Kier alpha value is -4.99. The highest BCUT2D eigenvalue weighted by Crippen LogP contribution is 2.44. The predicted molar refractivity (Wildman–Crippen MR) is 150 cm³/mol. The first-order chi connectivity index (χ1) is 19.3. The number of imidazole rings is 1. The van der Waals surface area contributed by atoms with Gasteiger partial charge in [-0.1, -0.05) is 12.1 Å². The molecule has 10 nitrogen and oxygen atoms in total. The van der Waals surface area contributed by atoms with E-state index in [-0.39, 0.29) is 17.3 Å². The summed E-state index contributed by atoms with van der Waals surface area (Å²) in [4.78, 5) is 38.4. The lowest BCUT2D eigenvalue weighted by molar-refractivity contribution is -0.132. The number of Topliss-reactive ketones (excluding diaryl/α,β-unsaturated/α-hetero) is 1. The molecule has 3 aromatic carbocycles. The summed E-state index contributed by atoms with van der Waals surface area (Å²) >= 11 is 0. The van der Waals surface area contributed by atoms with E-state index in [0.717, 1.165) is 16.8 Å². The van der Waals surface area contributed by atoms with Gasteiger partial charge in [0, 0.05) is 12.6 Å². The molecule has 6 rings (SSSR count). The predicted octanol–water partition coefficient (Wildman–Crippen LogP) is 4.34. The van der Waals surface area contributed by atoms with Gasteiger partial charge in [0.2, 0.25) is 5.95 Å². The highest BCUT2D eigenvalue weighted by Gasteiger charge is 2.48. The van der Waals surface area contributed by atoms with Gasteiger partial charge in [0.1, 0.15) is 18.1 Å². The van der Waals surface area contributed by atoms with Crippen molar-refractivity contribution in [3.63, 3.8) is 0 Å². The van der Waals surface area contributed by atoms with Crippen molar-refractivity contribution < 1.29 is 28.9 Å². The molecule has 40 heavy (non-hydrogen) atoms. The normalized spacial score (nSPS) is 18.1. The number of amides is 1. The monoisotopic (exact) mass is 540 g/mol. The highest BCUT2D eigenvalue weighted by atomic mass is 16.5. The number of anilines is 2. The molecule has 4 aromatic rings. The van der Waals surface area contributed by atoms with Crippen LogP contribution in [0.1, 0.15) is 22.7 Å². The van der Waals surface area contributed by atoms with Gasteiger partial charge in [-0.05, 0) is 60.5 Å². The van der Waals surface area contributed by atoms with Gasteiger partial charge in [-0.25, -0.2) is 4.98 Å². The Morgan fingerprint density at radius 1 is 1.05 bits per heavy atom. The summed E-state index contributed by atoms with van der Waals surface area (Å²) in [6.45, 7) is 3.19. The first kappa shape index (κ1) is 25.3. The molecule has 1 atom stereocenters. The van der Waals surface area contributed by atoms with Crippen LogP contribution in [-0.4, -0.2) is 61.2 Å². The molecule has 1 fully saturated rings. The maximum Gasteiger partial charge on any atom is 0.302 e. The topological polar surface area (TPSA) is 117 Å². The first-order valence-electron chi connectivity index (χ1n) is 12.8. The smallest absolute Gasteiger partial charge is 0.302 e. The number of methoxy groups -OCH3 is 2. The van der Waals surface area contributed by atoms with E-state index in [0.29, 0.717) is 47.0 Å². The second kappa shape index (κ2) is 9.64. The Bertz CT molecular complexity index is 1710. The van der Waals surface area contributed by atoms with Crippen LogP contribution in [-0.2, 0) is 9.59 Å². The molecule has 204 valence electrons. The molecule has 0 saturated carbocycles. The Morgan fingerprint density at radius 3 is 2.62 bits per heavy atom. The SMILES string of the molecule is COc1ccc(C2/C(=C(\O)c3ccc4c(c3)N(C)CCO4)C(=O)C(=O)N2c2nc3ccc(C)cc3[nH]2)cc1OC. The fraction of sp³-hybridized carbons (Fsp3) is 0.233. The third-order valence-corrected chi connectivity index (χ3v) is 7.35. The number of aromatic nitrogens is 2. The maximum absolute atomic E-state index is 13.6. The molecule has 10 heteroatoms. The van der Waals surface area contributed by atoms with Crippen molar-refractivity contribution in [3.8, 4) is 17.2 Å². The van der Waals surface area contributed by atoms with Crippen LogP contribution in [0.15, 0.2) is 60.2 Å². The van der Waals surface area contributed by atoms with Gasteiger partial charge in [0.25, 0.3) is 5.78 Å². The summed E-state index contributed by atoms with van der Waals surface area (Å²) in [5.74, 6) is -0.153. The Morgan fingerprint density at radius 2 is 1.85 bits per heavy atom. The largest absolute Gasteiger partial charge is 0.507 e. The standard InChI is InChI=1S/C30H28N4O6/c1-16-5-8-19-20(13-16)32-30(31-19)34-26(17-6-10-23(38-3)24(15-17)39-4)25(28(36)29(34)37)27(35)18-7-9-22-21(14-18)33(2)11-12-40-22/h5-10,13-15,26,35H,11-12H2,1-4H3,(H,31,32)/b27-25+. The average Bonchev–Trinajstić information content (AvgIpc) is 3.49. The lowest BCUT2D eigenvalue weighted by Gasteiger charge is -2.28. The average molecular weight is 541 g/mol. The van der Waals surface area contributed by atoms with E-state index in [2.05, 4.69) is 9.97 Å². The van der Waals surface area contributed by atoms with Gasteiger partial charge in [0.05, 0.1) is 49.1 Å². The molecule has 1 aromatic heterocycles. The molecule has 2 aliphatic rings. The first-order valence-corrected chi connectivity index (χ1v) is 12.8. The number of carbonyl (C=O) groups excluding carboxylic acids is 2. The van der Waals surface area contributed by atoms with Gasteiger partial charge in [-0.2, -0.15) is 0 Å². The lowest BCUT2D eigenvalue weighted by Crippen LogP contribution is -2.30. The number of likely N-dealkylation sites (N-methyl/N-ethyl adjacent to an activating group) is 1. The zero-order valence-electron chi connectivity index (χ0n) is 22.5. The number of nitrogens with zero attached hydrogens (tertiary/aromatic N) is 3. The summed E-state index contributed by atoms with van der Waals surface area (Å²) in [6, 6.07) is 15.0. The van der Waals surface area contributed by atoms with E-state index in [1.807, 2.05) is 37.1 Å². The molecule has 1 unspecified atom stereocenters. The molecular weight excluding hydrogens is 512 g/mol. The summed E-state index contributed by atoms with van der Waals surface area (Å²) in [7, 11) is 4.96. The number of aryl methyl sites for hydroxylation is 1. The number of fused-ring (bicyclic) bond motifs is 2. The number of benzene rings is 3. The third-order valence-electron chi connectivity index (χ3n) is 7.35. The number of nitrogens with one attached hydrogen (secondary N) is 1. The van der Waals surface area contributed by atoms with E-state index >= 15 is 0 Å². The molecule has 1 saturated heterocycles. The van der Waals surface area contributed by atoms with Gasteiger partial charge in [0.15, 0.2) is 11.5 Å². The van der Waals surface area contributed by atoms with Crippen LogP contribution in [0.2, 0.25) is 0 Å². The molecule has 0 spiro atoms. The molecule has 0 radical (unpaired) electrons. The summed E-state index contributed by atoms with van der Waals surface area (Å²) < 4.78 is 16.6. The number of aromatic amines is 1. The Kier molecular flexibility index (Phi) is 6.10. The van der Waals surface area contributed by atoms with Crippen LogP contribution in [0.25, 0.3) is 16.8 Å². The number of ether oxygens (including phenoxy) is 3. The lowest BCUT2D eigenvalue weighted by atomic mass is 9.94. The van der Waals surface area contributed by atoms with Crippen molar-refractivity contribution >= 4 is 40.1 Å². The summed E-state index contributed by atoms with van der Waals surface area (Å²) in [5.41, 5.74) is 4.02. The minimum atomic E-state index is -0.994. The minimum Gasteiger partial charge on any atom is -0.507 e. The molecule has 0 aliphatic carbocycles. The maximum atomic E-state index is 13.6. The zero-order chi connectivity index (χ0) is 28.1. The summed E-state index contributed by atoms with van der Waals surface area (Å²) in [6.07, 6.45) is 0. The highest BCUT2D eigenvalue weighted by molar-refractivity contribution is 6.51. The van der Waals surface area contributed by atoms with Crippen LogP contribution < -0.4 is 24.0 Å². The number of aliphatic hydroxyl groups is 1. The Balaban J connectivity index is 1.56. The van der Waals surface area contributed by atoms with E-state index in [1.54, 1.807) is 36.4 Å². The van der Waals surface area contributed by atoms with E-state index < -0.39 is 17.7 Å². The van der Waals surface area contributed by atoms with E-state index in [9.17, 15) is 14.7 Å². The molecular formula is C30H28N4O6. The van der Waals surface area contributed by atoms with Gasteiger partial charge < -0.3 is 29.2 Å². The van der Waals surface area contributed by atoms with Crippen molar-refractivity contribution in [1.82, 2.24) is 9.97 Å². The molecule has 2 N–H and O–H groups in total.